The molecule has 0 amide bonds. The topological polar surface area (TPSA) is 64.3 Å². The van der Waals surface area contributed by atoms with Crippen LogP contribution in [0, 0.1) is 0 Å². The molecule has 0 aliphatic heterocycles. The van der Waals surface area contributed by atoms with Crippen molar-refractivity contribution in [1.82, 2.24) is 9.55 Å². The fourth-order valence-electron chi connectivity index (χ4n) is 5.77. The van der Waals surface area contributed by atoms with Gasteiger partial charge in [0.1, 0.15) is 18.2 Å². The average Bonchev–Trinajstić information content (AvgIpc) is 3.39. The van der Waals surface area contributed by atoms with Gasteiger partial charge in [-0.3, -0.25) is 0 Å². The summed E-state index contributed by atoms with van der Waals surface area (Å²) in [6.45, 7) is 0.245. The van der Waals surface area contributed by atoms with Gasteiger partial charge in [-0.15, -0.1) is 0 Å². The molecule has 1 aliphatic rings. The Labute approximate surface area is 241 Å². The molecular weight excluding hydrogens is 541 g/mol. The van der Waals surface area contributed by atoms with Crippen LogP contribution < -0.4 is 4.74 Å². The van der Waals surface area contributed by atoms with Crippen molar-refractivity contribution in [2.75, 3.05) is 0 Å². The Morgan fingerprint density at radius 1 is 0.881 bits per heavy atom. The first-order valence-corrected chi connectivity index (χ1v) is 14.0. The number of nitrogens with zero attached hydrogens (tertiary/aromatic N) is 2. The van der Waals surface area contributed by atoms with E-state index in [1.165, 1.54) is 18.6 Å². The van der Waals surface area contributed by atoms with Crippen molar-refractivity contribution in [2.45, 2.75) is 50.9 Å². The van der Waals surface area contributed by atoms with E-state index in [2.05, 4.69) is 4.57 Å². The Bertz CT molecular complexity index is 1720. The molecule has 0 atom stereocenters. The van der Waals surface area contributed by atoms with E-state index in [9.17, 15) is 23.1 Å². The minimum atomic E-state index is -4.38. The summed E-state index contributed by atoms with van der Waals surface area (Å²) >= 11 is 0. The number of hydrogen-bond donors (Lipinski definition) is 1. The molecule has 1 fully saturated rings. The van der Waals surface area contributed by atoms with Gasteiger partial charge < -0.3 is 14.4 Å². The number of carboxylic acids is 1. The second-order valence-electron chi connectivity index (χ2n) is 10.7. The van der Waals surface area contributed by atoms with Gasteiger partial charge in [-0.05, 0) is 84.1 Å². The van der Waals surface area contributed by atoms with Gasteiger partial charge in [-0.25, -0.2) is 9.78 Å². The number of hydrogen-bond acceptors (Lipinski definition) is 3. The zero-order valence-corrected chi connectivity index (χ0v) is 22.8. The molecular formula is C34H29F3N2O3. The number of benzene rings is 4. The lowest BCUT2D eigenvalue weighted by Gasteiger charge is -2.25. The minimum absolute atomic E-state index is 0.211. The lowest BCUT2D eigenvalue weighted by atomic mass is 9.95. The van der Waals surface area contributed by atoms with Crippen LogP contribution in [0.2, 0.25) is 0 Å². The predicted octanol–water partition coefficient (Wildman–Crippen LogP) is 9.17. The lowest BCUT2D eigenvalue weighted by molar-refractivity contribution is -0.137. The summed E-state index contributed by atoms with van der Waals surface area (Å²) in [5, 5.41) is 9.48. The third-order valence-electron chi connectivity index (χ3n) is 7.92. The summed E-state index contributed by atoms with van der Waals surface area (Å²) in [5.74, 6) is 0.472. The number of halogens is 3. The second-order valence-corrected chi connectivity index (χ2v) is 10.7. The van der Waals surface area contributed by atoms with Gasteiger partial charge in [-0.1, -0.05) is 55.7 Å². The summed E-state index contributed by atoms with van der Waals surface area (Å²) in [4.78, 5) is 16.5. The quantitative estimate of drug-likeness (QED) is 0.212. The van der Waals surface area contributed by atoms with Gasteiger partial charge in [0, 0.05) is 11.6 Å². The van der Waals surface area contributed by atoms with E-state index in [4.69, 9.17) is 9.72 Å². The third-order valence-corrected chi connectivity index (χ3v) is 7.92. The maximum atomic E-state index is 13.0. The predicted molar refractivity (Wildman–Crippen MR) is 155 cm³/mol. The summed E-state index contributed by atoms with van der Waals surface area (Å²) in [5.41, 5.74) is 4.38. The Morgan fingerprint density at radius 3 is 2.26 bits per heavy atom. The molecule has 0 bridgehead atoms. The largest absolute Gasteiger partial charge is 0.489 e. The van der Waals surface area contributed by atoms with Crippen LogP contribution in [0.4, 0.5) is 13.2 Å². The van der Waals surface area contributed by atoms with Crippen LogP contribution in [0.15, 0.2) is 91.0 Å². The highest BCUT2D eigenvalue weighted by atomic mass is 19.4. The van der Waals surface area contributed by atoms with Gasteiger partial charge in [-0.2, -0.15) is 13.2 Å². The maximum Gasteiger partial charge on any atom is 0.416 e. The monoisotopic (exact) mass is 570 g/mol. The van der Waals surface area contributed by atoms with Gasteiger partial charge in [0.2, 0.25) is 0 Å². The molecule has 5 aromatic rings. The van der Waals surface area contributed by atoms with Crippen LogP contribution in [0.5, 0.6) is 5.75 Å². The first-order valence-electron chi connectivity index (χ1n) is 14.0. The van der Waals surface area contributed by atoms with E-state index >= 15 is 0 Å². The number of ether oxygens (including phenoxy) is 1. The Kier molecular flexibility index (Phi) is 7.45. The second kappa shape index (κ2) is 11.4. The molecule has 6 rings (SSSR count). The molecule has 1 N–H and O–H groups in total. The van der Waals surface area contributed by atoms with Crippen LogP contribution in [-0.4, -0.2) is 20.6 Å². The van der Waals surface area contributed by atoms with Crippen molar-refractivity contribution < 1.29 is 27.8 Å². The highest BCUT2D eigenvalue weighted by molar-refractivity contribution is 5.93. The first-order chi connectivity index (χ1) is 20.3. The fourth-order valence-corrected chi connectivity index (χ4v) is 5.77. The normalized spacial score (nSPS) is 14.3. The van der Waals surface area contributed by atoms with Crippen LogP contribution in [0.1, 0.15) is 59.6 Å². The highest BCUT2D eigenvalue weighted by Gasteiger charge is 2.30. The van der Waals surface area contributed by atoms with Crippen LogP contribution in [0.25, 0.3) is 33.5 Å². The number of imidazole rings is 1. The molecule has 1 heterocycles. The van der Waals surface area contributed by atoms with E-state index in [1.807, 2.05) is 54.6 Å². The van der Waals surface area contributed by atoms with E-state index < -0.39 is 17.7 Å². The van der Waals surface area contributed by atoms with Crippen molar-refractivity contribution in [3.05, 3.63) is 108 Å². The molecule has 42 heavy (non-hydrogen) atoms. The molecule has 1 saturated carbocycles. The Hall–Kier alpha value is -4.59. The van der Waals surface area contributed by atoms with Gasteiger partial charge in [0.15, 0.2) is 0 Å². The molecule has 0 unspecified atom stereocenters. The van der Waals surface area contributed by atoms with Crippen molar-refractivity contribution in [3.63, 3.8) is 0 Å². The molecule has 8 heteroatoms. The van der Waals surface area contributed by atoms with Crippen molar-refractivity contribution in [1.29, 1.82) is 0 Å². The van der Waals surface area contributed by atoms with Gasteiger partial charge >= 0.3 is 12.1 Å². The Balaban J connectivity index is 1.25. The molecule has 214 valence electrons. The number of carbonyl (C=O) groups is 1. The molecule has 0 saturated heterocycles. The summed E-state index contributed by atoms with van der Waals surface area (Å²) in [6.07, 6.45) is 1.25. The lowest BCUT2D eigenvalue weighted by Crippen LogP contribution is -2.14. The smallest absolute Gasteiger partial charge is 0.416 e. The molecule has 0 radical (unpaired) electrons. The summed E-state index contributed by atoms with van der Waals surface area (Å²) in [7, 11) is 0. The van der Waals surface area contributed by atoms with E-state index in [0.29, 0.717) is 22.9 Å². The number of carboxylic acid groups (broad SMARTS) is 1. The van der Waals surface area contributed by atoms with Crippen molar-refractivity contribution >= 4 is 17.0 Å². The summed E-state index contributed by atoms with van der Waals surface area (Å²) in [6, 6.07) is 25.7. The van der Waals surface area contributed by atoms with E-state index in [1.54, 1.807) is 12.1 Å². The number of aromatic nitrogens is 2. The Morgan fingerprint density at radius 2 is 1.57 bits per heavy atom. The molecule has 1 aromatic heterocycles. The molecule has 0 spiro atoms. The van der Waals surface area contributed by atoms with Gasteiger partial charge in [0.25, 0.3) is 0 Å². The third kappa shape index (κ3) is 5.62. The zero-order valence-electron chi connectivity index (χ0n) is 22.8. The minimum Gasteiger partial charge on any atom is -0.489 e. The SMILES string of the molecule is O=C(O)c1ccc2c(c1)nc(-c1ccc(OCc3ccccc3-c3ccc(C(F)(F)F)cc3)cc1)n2C1CCCCC1. The fraction of sp³-hybridized carbons (Fsp3) is 0.235. The number of rotatable bonds is 7. The molecule has 1 aliphatic carbocycles. The van der Waals surface area contributed by atoms with E-state index in [-0.39, 0.29) is 12.2 Å². The van der Waals surface area contributed by atoms with Crippen LogP contribution in [-0.2, 0) is 12.8 Å². The first kappa shape index (κ1) is 27.6. The zero-order chi connectivity index (χ0) is 29.3. The van der Waals surface area contributed by atoms with Crippen LogP contribution in [0.3, 0.4) is 0 Å². The maximum absolute atomic E-state index is 13.0. The van der Waals surface area contributed by atoms with E-state index in [0.717, 1.165) is 65.8 Å². The van der Waals surface area contributed by atoms with Gasteiger partial charge in [0.05, 0.1) is 22.2 Å². The number of alkyl halides is 3. The number of fused-ring (bicyclic) bond motifs is 1. The van der Waals surface area contributed by atoms with Crippen LogP contribution >= 0.6 is 0 Å². The van der Waals surface area contributed by atoms with Crippen molar-refractivity contribution in [3.8, 4) is 28.3 Å². The standard InChI is InChI=1S/C34H29F3N2O3/c35-34(36,37)26-15-10-22(11-16-26)29-9-5-4-6-25(29)21-42-28-17-12-23(13-18-28)32-38-30-20-24(33(40)41)14-19-31(30)39(32)27-7-2-1-3-8-27/h4-6,9-20,27H,1-3,7-8,21H2,(H,40,41). The highest BCUT2D eigenvalue weighted by Crippen LogP contribution is 2.37. The molecule has 5 nitrogen and oxygen atoms in total. The summed E-state index contributed by atoms with van der Waals surface area (Å²) < 4.78 is 47.4. The average molecular weight is 571 g/mol. The number of aromatic carboxylic acids is 1. The molecule has 4 aromatic carbocycles. The van der Waals surface area contributed by atoms with Crippen molar-refractivity contribution in [2.24, 2.45) is 0 Å².